The molecule has 0 amide bonds. The normalized spacial score (nSPS) is 20.2. The number of nitrogens with zero attached hydrogens (tertiary/aromatic N) is 5. The maximum absolute atomic E-state index is 5.72. The largest absolute Gasteiger partial charge is 0.494 e. The van der Waals surface area contributed by atoms with Crippen LogP contribution in [0.25, 0.3) is 16.7 Å². The van der Waals surface area contributed by atoms with Gasteiger partial charge in [-0.05, 0) is 69.3 Å². The summed E-state index contributed by atoms with van der Waals surface area (Å²) in [6.07, 6.45) is 8.71. The van der Waals surface area contributed by atoms with Crippen molar-refractivity contribution in [1.82, 2.24) is 24.6 Å². The second-order valence-electron chi connectivity index (χ2n) is 8.45. The number of benzene rings is 1. The van der Waals surface area contributed by atoms with Gasteiger partial charge in [0, 0.05) is 25.0 Å². The summed E-state index contributed by atoms with van der Waals surface area (Å²) in [5, 5.41) is 9.14. The third kappa shape index (κ3) is 3.67. The van der Waals surface area contributed by atoms with Gasteiger partial charge in [0.1, 0.15) is 11.4 Å². The number of hydrogen-bond acceptors (Lipinski definition) is 6. The van der Waals surface area contributed by atoms with Crippen molar-refractivity contribution in [3.05, 3.63) is 35.7 Å². The standard InChI is InChI=1S/C22H28N6O/c1-14-9-16(15-6-7-15)10-19(29-3)20(14)28-12-17-11-23-22(25-21(17)26-28)24-18-5-4-8-27(2)13-18/h9-12,15,18H,4-8,13H2,1-3H3,(H,24,25,26)/t18-/m1/s1. The number of piperidine rings is 1. The molecule has 1 N–H and O–H groups in total. The number of rotatable bonds is 5. The van der Waals surface area contributed by atoms with E-state index in [1.165, 1.54) is 24.8 Å². The molecule has 3 heterocycles. The average Bonchev–Trinajstić information content (AvgIpc) is 3.47. The third-order valence-corrected chi connectivity index (χ3v) is 6.00. The zero-order valence-electron chi connectivity index (χ0n) is 17.4. The molecular formula is C22H28N6O. The smallest absolute Gasteiger partial charge is 0.225 e. The van der Waals surface area contributed by atoms with Crippen LogP contribution in [0.2, 0.25) is 0 Å². The summed E-state index contributed by atoms with van der Waals surface area (Å²) in [5.41, 5.74) is 4.19. The van der Waals surface area contributed by atoms with E-state index in [0.717, 1.165) is 41.9 Å². The van der Waals surface area contributed by atoms with E-state index >= 15 is 0 Å². The molecule has 0 bridgehead atoms. The van der Waals surface area contributed by atoms with E-state index in [1.807, 2.05) is 17.1 Å². The fraction of sp³-hybridized carbons (Fsp3) is 0.500. The Morgan fingerprint density at radius 1 is 1.21 bits per heavy atom. The van der Waals surface area contributed by atoms with Gasteiger partial charge in [-0.15, -0.1) is 5.10 Å². The van der Waals surface area contributed by atoms with Gasteiger partial charge in [-0.3, -0.25) is 0 Å². The predicted molar refractivity (Wildman–Crippen MR) is 114 cm³/mol. The first kappa shape index (κ1) is 18.4. The number of aryl methyl sites for hydroxylation is 1. The number of methoxy groups -OCH3 is 1. The highest BCUT2D eigenvalue weighted by atomic mass is 16.5. The molecule has 0 spiro atoms. The number of fused-ring (bicyclic) bond motifs is 1. The van der Waals surface area contributed by atoms with Gasteiger partial charge in [-0.25, -0.2) is 9.67 Å². The Hall–Kier alpha value is -2.67. The van der Waals surface area contributed by atoms with Gasteiger partial charge in [-0.2, -0.15) is 4.98 Å². The second kappa shape index (κ2) is 7.30. The molecule has 29 heavy (non-hydrogen) atoms. The Labute approximate surface area is 171 Å². The van der Waals surface area contributed by atoms with E-state index in [2.05, 4.69) is 46.3 Å². The molecule has 7 heteroatoms. The number of anilines is 1. The first-order valence-electron chi connectivity index (χ1n) is 10.5. The first-order chi connectivity index (χ1) is 14.1. The van der Waals surface area contributed by atoms with Crippen LogP contribution in [0.4, 0.5) is 5.95 Å². The summed E-state index contributed by atoms with van der Waals surface area (Å²) in [6.45, 7) is 4.29. The van der Waals surface area contributed by atoms with Crippen LogP contribution in [0.3, 0.4) is 0 Å². The monoisotopic (exact) mass is 392 g/mol. The van der Waals surface area contributed by atoms with Crippen molar-refractivity contribution in [3.8, 4) is 11.4 Å². The minimum Gasteiger partial charge on any atom is -0.494 e. The van der Waals surface area contributed by atoms with E-state index in [9.17, 15) is 0 Å². The average molecular weight is 393 g/mol. The van der Waals surface area contributed by atoms with Crippen LogP contribution in [0.15, 0.2) is 24.5 Å². The molecule has 0 unspecified atom stereocenters. The second-order valence-corrected chi connectivity index (χ2v) is 8.45. The van der Waals surface area contributed by atoms with Gasteiger partial charge >= 0.3 is 0 Å². The van der Waals surface area contributed by atoms with Crippen LogP contribution >= 0.6 is 0 Å². The highest BCUT2D eigenvalue weighted by Gasteiger charge is 2.26. The summed E-state index contributed by atoms with van der Waals surface area (Å²) in [4.78, 5) is 11.5. The molecular weight excluding hydrogens is 364 g/mol. The molecule has 2 aliphatic rings. The lowest BCUT2D eigenvalue weighted by Gasteiger charge is -2.30. The van der Waals surface area contributed by atoms with Crippen molar-refractivity contribution in [2.45, 2.75) is 44.6 Å². The zero-order valence-corrected chi connectivity index (χ0v) is 17.4. The number of hydrogen-bond donors (Lipinski definition) is 1. The first-order valence-corrected chi connectivity index (χ1v) is 10.5. The molecule has 1 aromatic carbocycles. The fourth-order valence-corrected chi connectivity index (χ4v) is 4.34. The molecule has 1 aliphatic heterocycles. The minimum atomic E-state index is 0.380. The number of likely N-dealkylation sites (tertiary alicyclic amines) is 1. The Morgan fingerprint density at radius 3 is 2.83 bits per heavy atom. The van der Waals surface area contributed by atoms with E-state index in [4.69, 9.17) is 9.84 Å². The summed E-state index contributed by atoms with van der Waals surface area (Å²) < 4.78 is 7.59. The summed E-state index contributed by atoms with van der Waals surface area (Å²) in [7, 11) is 3.88. The number of likely N-dealkylation sites (N-methyl/N-ethyl adjacent to an activating group) is 1. The van der Waals surface area contributed by atoms with Crippen LogP contribution in [-0.2, 0) is 0 Å². The van der Waals surface area contributed by atoms with Crippen LogP contribution in [0.5, 0.6) is 5.75 Å². The van der Waals surface area contributed by atoms with Crippen LogP contribution in [0, 0.1) is 6.92 Å². The van der Waals surface area contributed by atoms with E-state index in [1.54, 1.807) is 7.11 Å². The molecule has 1 aliphatic carbocycles. The number of aromatic nitrogens is 4. The lowest BCUT2D eigenvalue weighted by Crippen LogP contribution is -2.40. The molecule has 152 valence electrons. The Kier molecular flexibility index (Phi) is 4.62. The molecule has 1 saturated heterocycles. The highest BCUT2D eigenvalue weighted by molar-refractivity contribution is 5.75. The molecule has 2 fully saturated rings. The van der Waals surface area contributed by atoms with Gasteiger partial charge in [0.2, 0.25) is 5.95 Å². The van der Waals surface area contributed by atoms with E-state index in [0.29, 0.717) is 23.6 Å². The van der Waals surface area contributed by atoms with Gasteiger partial charge in [0.05, 0.1) is 12.5 Å². The molecule has 3 aromatic rings. The number of nitrogens with one attached hydrogen (secondary N) is 1. The van der Waals surface area contributed by atoms with Gasteiger partial charge in [0.25, 0.3) is 0 Å². The number of ether oxygens (including phenoxy) is 1. The van der Waals surface area contributed by atoms with Gasteiger partial charge in [0.15, 0.2) is 5.65 Å². The SMILES string of the molecule is COc1cc(C2CC2)cc(C)c1-n1cc2cnc(N[C@@H]3CCCN(C)C3)nc2n1. The quantitative estimate of drug-likeness (QED) is 0.717. The van der Waals surface area contributed by atoms with Crippen molar-refractivity contribution in [2.24, 2.45) is 0 Å². The Morgan fingerprint density at radius 2 is 2.07 bits per heavy atom. The molecule has 5 rings (SSSR count). The highest BCUT2D eigenvalue weighted by Crippen LogP contribution is 2.43. The summed E-state index contributed by atoms with van der Waals surface area (Å²) in [5.74, 6) is 2.19. The minimum absolute atomic E-state index is 0.380. The van der Waals surface area contributed by atoms with Crippen molar-refractivity contribution in [1.29, 1.82) is 0 Å². The van der Waals surface area contributed by atoms with Crippen molar-refractivity contribution >= 4 is 17.0 Å². The zero-order chi connectivity index (χ0) is 20.0. The maximum atomic E-state index is 5.72. The molecule has 2 aromatic heterocycles. The van der Waals surface area contributed by atoms with Gasteiger partial charge < -0.3 is 15.0 Å². The van der Waals surface area contributed by atoms with Gasteiger partial charge in [-0.1, -0.05) is 6.07 Å². The summed E-state index contributed by atoms with van der Waals surface area (Å²) >= 11 is 0. The van der Waals surface area contributed by atoms with Crippen molar-refractivity contribution in [2.75, 3.05) is 32.6 Å². The van der Waals surface area contributed by atoms with E-state index < -0.39 is 0 Å². The molecule has 1 atom stereocenters. The summed E-state index contributed by atoms with van der Waals surface area (Å²) in [6, 6.07) is 4.80. The van der Waals surface area contributed by atoms with Crippen molar-refractivity contribution < 1.29 is 4.74 Å². The Balaban J connectivity index is 1.46. The Bertz CT molecular complexity index is 1040. The molecule has 0 radical (unpaired) electrons. The predicted octanol–water partition coefficient (Wildman–Crippen LogP) is 3.52. The lowest BCUT2D eigenvalue weighted by molar-refractivity contribution is 0.260. The molecule has 1 saturated carbocycles. The van der Waals surface area contributed by atoms with Crippen LogP contribution < -0.4 is 10.1 Å². The lowest BCUT2D eigenvalue weighted by atomic mass is 10.0. The fourth-order valence-electron chi connectivity index (χ4n) is 4.34. The molecule has 7 nitrogen and oxygen atoms in total. The van der Waals surface area contributed by atoms with Crippen LogP contribution in [-0.4, -0.2) is 57.9 Å². The van der Waals surface area contributed by atoms with Crippen molar-refractivity contribution in [3.63, 3.8) is 0 Å². The topological polar surface area (TPSA) is 68.1 Å². The van der Waals surface area contributed by atoms with E-state index in [-0.39, 0.29) is 0 Å². The third-order valence-electron chi connectivity index (χ3n) is 6.00. The van der Waals surface area contributed by atoms with Crippen LogP contribution in [0.1, 0.15) is 42.7 Å². The maximum Gasteiger partial charge on any atom is 0.225 e.